The molecule has 3 heterocycles. The monoisotopic (exact) mass is 510 g/mol. The zero-order valence-electron chi connectivity index (χ0n) is 18.4. The van der Waals surface area contributed by atoms with Gasteiger partial charge in [0.2, 0.25) is 5.91 Å². The van der Waals surface area contributed by atoms with Gasteiger partial charge in [0.05, 0.1) is 0 Å². The Kier molecular flexibility index (Phi) is 7.74. The van der Waals surface area contributed by atoms with Crippen LogP contribution in [0.2, 0.25) is 0 Å². The van der Waals surface area contributed by atoms with Gasteiger partial charge in [0.25, 0.3) is 5.66 Å². The lowest BCUT2D eigenvalue weighted by Crippen LogP contribution is -2.59. The largest absolute Gasteiger partial charge is 0.490 e. The van der Waals surface area contributed by atoms with Crippen LogP contribution in [-0.4, -0.2) is 72.7 Å². The smallest absolute Gasteiger partial charge is 0.475 e. The van der Waals surface area contributed by atoms with Gasteiger partial charge >= 0.3 is 18.3 Å². The molecule has 35 heavy (non-hydrogen) atoms. The van der Waals surface area contributed by atoms with Crippen molar-refractivity contribution in [1.29, 1.82) is 0 Å². The SMILES string of the molecule is O=C(COC1(c2ccccc2)CNC1)N1CCC(CC2(C(F)(F)F)N=N2)CC1.O=C(O)C(F)(F)F. The Morgan fingerprint density at radius 2 is 1.60 bits per heavy atom. The van der Waals surface area contributed by atoms with Crippen molar-refractivity contribution < 1.29 is 45.8 Å². The first kappa shape index (κ1) is 26.9. The maximum atomic E-state index is 13.0. The van der Waals surface area contributed by atoms with Crippen LogP contribution in [0, 0.1) is 5.92 Å². The highest BCUT2D eigenvalue weighted by atomic mass is 19.4. The van der Waals surface area contributed by atoms with E-state index in [-0.39, 0.29) is 24.9 Å². The van der Waals surface area contributed by atoms with Gasteiger partial charge in [-0.15, -0.1) is 10.2 Å². The Labute approximate surface area is 196 Å². The molecule has 0 atom stereocenters. The van der Waals surface area contributed by atoms with Gasteiger partial charge in [-0.25, -0.2) is 4.79 Å². The molecule has 0 spiro atoms. The molecule has 2 fully saturated rings. The first-order chi connectivity index (χ1) is 16.3. The van der Waals surface area contributed by atoms with Crippen molar-refractivity contribution >= 4 is 11.9 Å². The number of halogens is 6. The van der Waals surface area contributed by atoms with E-state index in [1.807, 2.05) is 30.3 Å². The molecule has 4 rings (SSSR count). The van der Waals surface area contributed by atoms with E-state index in [4.69, 9.17) is 14.6 Å². The maximum absolute atomic E-state index is 13.0. The third-order valence-electron chi connectivity index (χ3n) is 6.17. The topological polar surface area (TPSA) is 104 Å². The molecule has 0 bridgehead atoms. The van der Waals surface area contributed by atoms with Crippen molar-refractivity contribution in [1.82, 2.24) is 10.2 Å². The molecule has 3 aliphatic heterocycles. The second kappa shape index (κ2) is 10.1. The summed E-state index contributed by atoms with van der Waals surface area (Å²) < 4.78 is 76.7. The summed E-state index contributed by atoms with van der Waals surface area (Å²) in [7, 11) is 0. The molecular weight excluding hydrogens is 486 g/mol. The first-order valence-corrected chi connectivity index (χ1v) is 10.8. The van der Waals surface area contributed by atoms with Gasteiger partial charge < -0.3 is 20.1 Å². The predicted molar refractivity (Wildman–Crippen MR) is 108 cm³/mol. The van der Waals surface area contributed by atoms with Gasteiger partial charge in [0.1, 0.15) is 12.2 Å². The summed E-state index contributed by atoms with van der Waals surface area (Å²) in [5.41, 5.74) is -1.63. The number of ether oxygens (including phenoxy) is 1. The molecule has 0 aromatic heterocycles. The van der Waals surface area contributed by atoms with E-state index in [1.165, 1.54) is 0 Å². The van der Waals surface area contributed by atoms with E-state index in [9.17, 15) is 31.1 Å². The number of aliphatic carboxylic acids is 1. The summed E-state index contributed by atoms with van der Waals surface area (Å²) in [5, 5.41) is 16.8. The van der Waals surface area contributed by atoms with Crippen LogP contribution in [0.5, 0.6) is 0 Å². The Bertz CT molecular complexity index is 920. The molecule has 2 N–H and O–H groups in total. The number of nitrogens with zero attached hydrogens (tertiary/aromatic N) is 3. The Morgan fingerprint density at radius 3 is 2.00 bits per heavy atom. The van der Waals surface area contributed by atoms with Gasteiger partial charge in [-0.05, 0) is 24.3 Å². The van der Waals surface area contributed by atoms with Crippen LogP contribution >= 0.6 is 0 Å². The average molecular weight is 510 g/mol. The molecule has 1 aromatic carbocycles. The van der Waals surface area contributed by atoms with Crippen LogP contribution in [0.25, 0.3) is 0 Å². The van der Waals surface area contributed by atoms with Gasteiger partial charge in [-0.2, -0.15) is 26.3 Å². The molecule has 1 aromatic rings. The lowest BCUT2D eigenvalue weighted by Gasteiger charge is -2.43. The molecule has 0 aliphatic carbocycles. The van der Waals surface area contributed by atoms with E-state index in [0.29, 0.717) is 39.0 Å². The van der Waals surface area contributed by atoms with Gasteiger partial charge in [-0.3, -0.25) is 4.79 Å². The number of hydrogen-bond acceptors (Lipinski definition) is 6. The number of alkyl halides is 6. The number of amides is 1. The van der Waals surface area contributed by atoms with Crippen LogP contribution in [0.15, 0.2) is 40.6 Å². The summed E-state index contributed by atoms with van der Waals surface area (Å²) in [4.78, 5) is 23.1. The predicted octanol–water partition coefficient (Wildman–Crippen LogP) is 3.49. The number of carbonyl (C=O) groups excluding carboxylic acids is 1. The van der Waals surface area contributed by atoms with Crippen LogP contribution in [0.1, 0.15) is 24.8 Å². The summed E-state index contributed by atoms with van der Waals surface area (Å²) in [5.74, 6) is -3.01. The fraction of sp³-hybridized carbons (Fsp3) is 0.619. The van der Waals surface area contributed by atoms with Gasteiger partial charge in [0, 0.05) is 32.6 Å². The third kappa shape index (κ3) is 6.48. The second-order valence-electron chi connectivity index (χ2n) is 8.60. The molecule has 0 saturated carbocycles. The standard InChI is InChI=1S/C19H23F3N4O2.C2HF3O2/c20-19(21,22)18(24-25-18)10-14-6-8-26(9-7-14)16(27)11-28-17(12-23-13-17)15-4-2-1-3-5-15;3-2(4,5)1(6)7/h1-5,14,23H,6-13H2;(H,6,7). The zero-order valence-corrected chi connectivity index (χ0v) is 18.4. The molecule has 3 aliphatic rings. The van der Waals surface area contributed by atoms with Crippen LogP contribution in [-0.2, 0) is 19.9 Å². The van der Waals surface area contributed by atoms with Gasteiger partial charge in [0.15, 0.2) is 0 Å². The van der Waals surface area contributed by atoms with Crippen molar-refractivity contribution in [3.63, 3.8) is 0 Å². The number of carboxylic acid groups (broad SMARTS) is 1. The van der Waals surface area contributed by atoms with Crippen LogP contribution in [0.3, 0.4) is 0 Å². The molecule has 2 saturated heterocycles. The molecular formula is C21H24F6N4O4. The van der Waals surface area contributed by atoms with E-state index >= 15 is 0 Å². The number of nitrogens with one attached hydrogen (secondary N) is 1. The highest BCUT2D eigenvalue weighted by Gasteiger charge is 2.64. The molecule has 1 amide bonds. The van der Waals surface area contributed by atoms with Crippen molar-refractivity contribution in [3.05, 3.63) is 35.9 Å². The summed E-state index contributed by atoms with van der Waals surface area (Å²) in [6.07, 6.45) is -8.56. The lowest BCUT2D eigenvalue weighted by atomic mass is 9.87. The number of carboxylic acids is 1. The maximum Gasteiger partial charge on any atom is 0.490 e. The minimum Gasteiger partial charge on any atom is -0.475 e. The van der Waals surface area contributed by atoms with E-state index in [2.05, 4.69) is 15.5 Å². The number of carbonyl (C=O) groups is 2. The lowest BCUT2D eigenvalue weighted by molar-refractivity contribution is -0.192. The first-order valence-electron chi connectivity index (χ1n) is 10.8. The minimum absolute atomic E-state index is 0.0294. The summed E-state index contributed by atoms with van der Waals surface area (Å²) in [6, 6.07) is 9.79. The zero-order chi connectivity index (χ0) is 25.9. The highest BCUT2D eigenvalue weighted by Crippen LogP contribution is 2.49. The Hall–Kier alpha value is -2.74. The van der Waals surface area contributed by atoms with E-state index in [1.54, 1.807) is 4.90 Å². The number of likely N-dealkylation sites (tertiary alicyclic amines) is 1. The fourth-order valence-electron chi connectivity index (χ4n) is 3.93. The molecule has 14 heteroatoms. The number of hydrogen-bond donors (Lipinski definition) is 2. The Balaban J connectivity index is 0.000000429. The Morgan fingerprint density at radius 1 is 1.06 bits per heavy atom. The fourth-order valence-corrected chi connectivity index (χ4v) is 3.93. The molecule has 0 unspecified atom stereocenters. The quantitative estimate of drug-likeness (QED) is 0.571. The van der Waals surface area contributed by atoms with Crippen LogP contribution in [0.4, 0.5) is 26.3 Å². The van der Waals surface area contributed by atoms with E-state index < -0.39 is 29.6 Å². The van der Waals surface area contributed by atoms with Crippen molar-refractivity contribution in [2.45, 2.75) is 42.9 Å². The normalized spacial score (nSPS) is 20.9. The van der Waals surface area contributed by atoms with Crippen LogP contribution < -0.4 is 5.32 Å². The highest BCUT2D eigenvalue weighted by molar-refractivity contribution is 5.77. The molecule has 8 nitrogen and oxygen atoms in total. The van der Waals surface area contributed by atoms with Crippen molar-refractivity contribution in [2.24, 2.45) is 16.1 Å². The van der Waals surface area contributed by atoms with Crippen molar-refractivity contribution in [3.8, 4) is 0 Å². The summed E-state index contributed by atoms with van der Waals surface area (Å²) in [6.45, 7) is 2.16. The number of piperidine rings is 1. The molecule has 0 radical (unpaired) electrons. The second-order valence-corrected chi connectivity index (χ2v) is 8.60. The third-order valence-corrected chi connectivity index (χ3v) is 6.17. The summed E-state index contributed by atoms with van der Waals surface area (Å²) >= 11 is 0. The van der Waals surface area contributed by atoms with E-state index in [0.717, 1.165) is 5.56 Å². The van der Waals surface area contributed by atoms with Gasteiger partial charge in [-0.1, -0.05) is 30.3 Å². The van der Waals surface area contributed by atoms with Crippen molar-refractivity contribution in [2.75, 3.05) is 32.8 Å². The molecule has 194 valence electrons. The number of rotatable bonds is 6. The minimum atomic E-state index is -5.08. The average Bonchev–Trinajstić information content (AvgIpc) is 3.55. The number of benzene rings is 1.